The molecule has 4 aromatic rings. The summed E-state index contributed by atoms with van der Waals surface area (Å²) in [4.78, 5) is 9.52. The number of hydrogen-bond donors (Lipinski definition) is 1. The lowest BCUT2D eigenvalue weighted by atomic mass is 10.2. The van der Waals surface area contributed by atoms with Gasteiger partial charge in [-0.05, 0) is 53.4 Å². The molecule has 124 valence electrons. The zero-order chi connectivity index (χ0) is 17.1. The molecule has 0 spiro atoms. The van der Waals surface area contributed by atoms with Gasteiger partial charge in [-0.2, -0.15) is 0 Å². The third kappa shape index (κ3) is 3.59. The lowest BCUT2D eigenvalue weighted by Crippen LogP contribution is -2.01. The minimum absolute atomic E-state index is 0.279. The van der Waals surface area contributed by atoms with Crippen molar-refractivity contribution in [2.75, 3.05) is 5.32 Å². The van der Waals surface area contributed by atoms with Gasteiger partial charge in [-0.15, -0.1) is 11.3 Å². The number of nitrogens with zero attached hydrogens (tertiary/aromatic N) is 2. The molecule has 2 heterocycles. The summed E-state index contributed by atoms with van der Waals surface area (Å²) in [6.07, 6.45) is 1.57. The minimum atomic E-state index is -0.279. The van der Waals surface area contributed by atoms with Gasteiger partial charge < -0.3 is 10.1 Å². The lowest BCUT2D eigenvalue weighted by molar-refractivity contribution is 0.480. The number of ether oxygens (including phenoxy) is 1. The number of thiophene rings is 1. The largest absolute Gasteiger partial charge is 0.457 e. The summed E-state index contributed by atoms with van der Waals surface area (Å²) < 4.78 is 18.6. The molecule has 6 heteroatoms. The monoisotopic (exact) mass is 351 g/mol. The Morgan fingerprint density at radius 3 is 2.40 bits per heavy atom. The standard InChI is InChI=1S/C19H14FN3OS/c20-14-3-7-16(8-4-14)24-15-5-1-13(2-6-15)11-21-18-17-9-10-25-19(17)23-12-22-18/h1-10,12H,11H2,(H,21,22,23). The highest BCUT2D eigenvalue weighted by atomic mass is 32.1. The summed E-state index contributed by atoms with van der Waals surface area (Å²) in [6.45, 7) is 0.652. The Morgan fingerprint density at radius 2 is 1.64 bits per heavy atom. The number of fused-ring (bicyclic) bond motifs is 1. The van der Waals surface area contributed by atoms with Crippen LogP contribution in [0.3, 0.4) is 0 Å². The van der Waals surface area contributed by atoms with E-state index in [0.29, 0.717) is 18.0 Å². The third-order valence-corrected chi connectivity index (χ3v) is 4.52. The molecule has 0 radical (unpaired) electrons. The Labute approximate surface area is 148 Å². The molecule has 0 aliphatic heterocycles. The maximum absolute atomic E-state index is 12.9. The first-order valence-electron chi connectivity index (χ1n) is 7.72. The molecular weight excluding hydrogens is 337 g/mol. The Bertz CT molecular complexity index is 984. The van der Waals surface area contributed by atoms with Crippen LogP contribution in [0.15, 0.2) is 66.3 Å². The van der Waals surface area contributed by atoms with E-state index >= 15 is 0 Å². The van der Waals surface area contributed by atoms with E-state index in [-0.39, 0.29) is 5.82 Å². The van der Waals surface area contributed by atoms with Crippen molar-refractivity contribution in [1.82, 2.24) is 9.97 Å². The van der Waals surface area contributed by atoms with Crippen LogP contribution in [-0.4, -0.2) is 9.97 Å². The van der Waals surface area contributed by atoms with E-state index in [1.165, 1.54) is 12.1 Å². The fourth-order valence-electron chi connectivity index (χ4n) is 2.43. The first-order valence-corrected chi connectivity index (χ1v) is 8.60. The number of rotatable bonds is 5. The van der Waals surface area contributed by atoms with Gasteiger partial charge in [0.25, 0.3) is 0 Å². The molecule has 0 atom stereocenters. The van der Waals surface area contributed by atoms with Crippen molar-refractivity contribution in [2.45, 2.75) is 6.54 Å². The van der Waals surface area contributed by atoms with E-state index in [0.717, 1.165) is 21.6 Å². The molecule has 0 fully saturated rings. The fraction of sp³-hybridized carbons (Fsp3) is 0.0526. The summed E-state index contributed by atoms with van der Waals surface area (Å²) in [6, 6.07) is 15.7. The van der Waals surface area contributed by atoms with Crippen LogP contribution in [0, 0.1) is 5.82 Å². The smallest absolute Gasteiger partial charge is 0.138 e. The number of hydrogen-bond acceptors (Lipinski definition) is 5. The molecule has 4 rings (SSSR count). The van der Waals surface area contributed by atoms with Crippen molar-refractivity contribution in [1.29, 1.82) is 0 Å². The number of aromatic nitrogens is 2. The van der Waals surface area contributed by atoms with Gasteiger partial charge in [0.2, 0.25) is 0 Å². The second kappa shape index (κ2) is 6.86. The van der Waals surface area contributed by atoms with Crippen molar-refractivity contribution in [3.05, 3.63) is 77.7 Å². The predicted octanol–water partition coefficient (Wildman–Crippen LogP) is 5.23. The van der Waals surface area contributed by atoms with Crippen LogP contribution in [0.4, 0.5) is 10.2 Å². The van der Waals surface area contributed by atoms with E-state index in [4.69, 9.17) is 4.74 Å². The molecule has 0 amide bonds. The topological polar surface area (TPSA) is 47.0 Å². The molecule has 0 bridgehead atoms. The van der Waals surface area contributed by atoms with E-state index < -0.39 is 0 Å². The summed E-state index contributed by atoms with van der Waals surface area (Å²) in [7, 11) is 0. The zero-order valence-corrected chi connectivity index (χ0v) is 14.0. The second-order valence-corrected chi connectivity index (χ2v) is 6.31. The summed E-state index contributed by atoms with van der Waals surface area (Å²) >= 11 is 1.60. The van der Waals surface area contributed by atoms with E-state index in [9.17, 15) is 4.39 Å². The molecule has 0 saturated heterocycles. The minimum Gasteiger partial charge on any atom is -0.457 e. The van der Waals surface area contributed by atoms with Crippen molar-refractivity contribution in [3.63, 3.8) is 0 Å². The molecule has 2 aromatic heterocycles. The first-order chi connectivity index (χ1) is 12.3. The van der Waals surface area contributed by atoms with Crippen molar-refractivity contribution >= 4 is 27.4 Å². The number of halogens is 1. The molecule has 0 aliphatic carbocycles. The summed E-state index contributed by atoms with van der Waals surface area (Å²) in [5.41, 5.74) is 1.11. The molecule has 0 aliphatic rings. The van der Waals surface area contributed by atoms with Crippen LogP contribution in [0.1, 0.15) is 5.56 Å². The lowest BCUT2D eigenvalue weighted by Gasteiger charge is -2.09. The van der Waals surface area contributed by atoms with Gasteiger partial charge in [-0.25, -0.2) is 14.4 Å². The van der Waals surface area contributed by atoms with Crippen LogP contribution < -0.4 is 10.1 Å². The van der Waals surface area contributed by atoms with Gasteiger partial charge in [-0.3, -0.25) is 0 Å². The average Bonchev–Trinajstić information content (AvgIpc) is 3.12. The van der Waals surface area contributed by atoms with Gasteiger partial charge in [0.15, 0.2) is 0 Å². The predicted molar refractivity (Wildman–Crippen MR) is 97.7 cm³/mol. The zero-order valence-electron chi connectivity index (χ0n) is 13.1. The quantitative estimate of drug-likeness (QED) is 0.534. The SMILES string of the molecule is Fc1ccc(Oc2ccc(CNc3ncnc4sccc34)cc2)cc1. The van der Waals surface area contributed by atoms with E-state index in [2.05, 4.69) is 15.3 Å². The van der Waals surface area contributed by atoms with Crippen LogP contribution >= 0.6 is 11.3 Å². The van der Waals surface area contributed by atoms with Crippen LogP contribution in [0.25, 0.3) is 10.2 Å². The normalized spacial score (nSPS) is 10.8. The van der Waals surface area contributed by atoms with Gasteiger partial charge >= 0.3 is 0 Å². The van der Waals surface area contributed by atoms with E-state index in [1.807, 2.05) is 35.7 Å². The molecule has 0 unspecified atom stereocenters. The number of benzene rings is 2. The Balaban J connectivity index is 1.42. The van der Waals surface area contributed by atoms with Gasteiger partial charge in [0.1, 0.15) is 34.3 Å². The highest BCUT2D eigenvalue weighted by molar-refractivity contribution is 7.16. The number of anilines is 1. The van der Waals surface area contributed by atoms with Crippen LogP contribution in [0.2, 0.25) is 0 Å². The maximum atomic E-state index is 12.9. The van der Waals surface area contributed by atoms with Crippen LogP contribution in [-0.2, 0) is 6.54 Å². The molecule has 4 nitrogen and oxygen atoms in total. The molecular formula is C19H14FN3OS. The molecule has 25 heavy (non-hydrogen) atoms. The van der Waals surface area contributed by atoms with Gasteiger partial charge in [0, 0.05) is 6.54 Å². The Hall–Kier alpha value is -2.99. The fourth-order valence-corrected chi connectivity index (χ4v) is 3.16. The molecule has 1 N–H and O–H groups in total. The Kier molecular flexibility index (Phi) is 4.26. The molecule has 0 saturated carbocycles. The van der Waals surface area contributed by atoms with Gasteiger partial charge in [-0.1, -0.05) is 12.1 Å². The van der Waals surface area contributed by atoms with Gasteiger partial charge in [0.05, 0.1) is 5.39 Å². The van der Waals surface area contributed by atoms with Crippen molar-refractivity contribution < 1.29 is 9.13 Å². The summed E-state index contributed by atoms with van der Waals surface area (Å²) in [5, 5.41) is 6.38. The third-order valence-electron chi connectivity index (χ3n) is 3.69. The summed E-state index contributed by atoms with van der Waals surface area (Å²) in [5.74, 6) is 1.86. The Morgan fingerprint density at radius 1 is 0.920 bits per heavy atom. The maximum Gasteiger partial charge on any atom is 0.138 e. The average molecular weight is 351 g/mol. The first kappa shape index (κ1) is 15.5. The van der Waals surface area contributed by atoms with Crippen molar-refractivity contribution in [3.8, 4) is 11.5 Å². The highest BCUT2D eigenvalue weighted by Crippen LogP contribution is 2.25. The second-order valence-electron chi connectivity index (χ2n) is 5.42. The van der Waals surface area contributed by atoms with E-state index in [1.54, 1.807) is 29.8 Å². The number of nitrogens with one attached hydrogen (secondary N) is 1. The van der Waals surface area contributed by atoms with Crippen LogP contribution in [0.5, 0.6) is 11.5 Å². The highest BCUT2D eigenvalue weighted by Gasteiger charge is 2.04. The van der Waals surface area contributed by atoms with Crippen molar-refractivity contribution in [2.24, 2.45) is 0 Å². The molecule has 2 aromatic carbocycles.